The maximum atomic E-state index is 11.7. The molecule has 0 aliphatic carbocycles. The van der Waals surface area contributed by atoms with Gasteiger partial charge in [0.2, 0.25) is 0 Å². The maximum Gasteiger partial charge on any atom is 0.271 e. The summed E-state index contributed by atoms with van der Waals surface area (Å²) in [6.07, 6.45) is 4.62. The zero-order chi connectivity index (χ0) is 12.1. The van der Waals surface area contributed by atoms with Crippen LogP contribution in [0.25, 0.3) is 0 Å². The summed E-state index contributed by atoms with van der Waals surface area (Å²) in [4.78, 5) is 11.7. The zero-order valence-electron chi connectivity index (χ0n) is 9.38. The molecule has 0 aliphatic heterocycles. The third-order valence-electron chi connectivity index (χ3n) is 2.31. The predicted octanol–water partition coefficient (Wildman–Crippen LogP) is 2.35. The number of nitrogens with one attached hydrogen (secondary N) is 1. The molecule has 1 amide bonds. The number of furan rings is 1. The lowest BCUT2D eigenvalue weighted by atomic mass is 10.1. The smallest absolute Gasteiger partial charge is 0.271 e. The number of rotatable bonds is 3. The first kappa shape index (κ1) is 11.1. The van der Waals surface area contributed by atoms with E-state index in [1.165, 1.54) is 6.21 Å². The Labute approximate surface area is 99.0 Å². The molecule has 0 saturated carbocycles. The number of aryl methyl sites for hydroxylation is 1. The van der Waals surface area contributed by atoms with Crippen LogP contribution in [-0.2, 0) is 0 Å². The van der Waals surface area contributed by atoms with Crippen LogP contribution in [0, 0.1) is 6.92 Å². The van der Waals surface area contributed by atoms with Crippen molar-refractivity contribution in [1.29, 1.82) is 0 Å². The van der Waals surface area contributed by atoms with E-state index in [0.717, 1.165) is 11.1 Å². The fraction of sp³-hybridized carbons (Fsp3) is 0.0769. The normalized spacial score (nSPS) is 10.6. The summed E-state index contributed by atoms with van der Waals surface area (Å²) in [6, 6.07) is 9.11. The Morgan fingerprint density at radius 1 is 1.35 bits per heavy atom. The lowest BCUT2D eigenvalue weighted by Gasteiger charge is -2.02. The Hall–Kier alpha value is -2.36. The molecule has 1 aromatic carbocycles. The Balaban J connectivity index is 2.01. The van der Waals surface area contributed by atoms with Crippen LogP contribution in [0.15, 0.2) is 52.4 Å². The van der Waals surface area contributed by atoms with Crippen molar-refractivity contribution in [2.75, 3.05) is 0 Å². The van der Waals surface area contributed by atoms with Crippen molar-refractivity contribution in [2.24, 2.45) is 5.10 Å². The summed E-state index contributed by atoms with van der Waals surface area (Å²) in [7, 11) is 0. The van der Waals surface area contributed by atoms with E-state index >= 15 is 0 Å². The molecule has 4 nitrogen and oxygen atoms in total. The number of carbonyl (C=O) groups is 1. The molecule has 0 unspecified atom stereocenters. The number of hydrazone groups is 1. The van der Waals surface area contributed by atoms with Crippen LogP contribution in [0.3, 0.4) is 0 Å². The average Bonchev–Trinajstić information content (AvgIpc) is 2.82. The Bertz CT molecular complexity index is 530. The second-order valence-electron chi connectivity index (χ2n) is 3.57. The number of carbonyl (C=O) groups excluding carboxylic acids is 1. The molecule has 0 bridgehead atoms. The van der Waals surface area contributed by atoms with Crippen LogP contribution < -0.4 is 5.43 Å². The van der Waals surface area contributed by atoms with Gasteiger partial charge < -0.3 is 4.42 Å². The molecule has 0 fully saturated rings. The quantitative estimate of drug-likeness (QED) is 0.647. The largest absolute Gasteiger partial charge is 0.472 e. The average molecular weight is 228 g/mol. The van der Waals surface area contributed by atoms with Crippen LogP contribution in [-0.4, -0.2) is 12.1 Å². The Morgan fingerprint density at radius 2 is 2.18 bits per heavy atom. The van der Waals surface area contributed by atoms with Crippen molar-refractivity contribution < 1.29 is 9.21 Å². The fourth-order valence-electron chi connectivity index (χ4n) is 1.40. The molecule has 2 rings (SSSR count). The zero-order valence-corrected chi connectivity index (χ0v) is 9.38. The first-order chi connectivity index (χ1) is 8.27. The number of amides is 1. The third kappa shape index (κ3) is 2.81. The van der Waals surface area contributed by atoms with Gasteiger partial charge in [0, 0.05) is 11.1 Å². The lowest BCUT2D eigenvalue weighted by Crippen LogP contribution is -2.18. The first-order valence-electron chi connectivity index (χ1n) is 5.18. The van der Waals surface area contributed by atoms with Gasteiger partial charge in [0.25, 0.3) is 5.91 Å². The highest BCUT2D eigenvalue weighted by Crippen LogP contribution is 2.06. The van der Waals surface area contributed by atoms with E-state index in [0.29, 0.717) is 5.56 Å². The van der Waals surface area contributed by atoms with E-state index in [-0.39, 0.29) is 5.91 Å². The topological polar surface area (TPSA) is 54.6 Å². The highest BCUT2D eigenvalue weighted by atomic mass is 16.3. The molecule has 1 aromatic heterocycles. The highest BCUT2D eigenvalue weighted by molar-refractivity contribution is 5.96. The summed E-state index contributed by atoms with van der Waals surface area (Å²) in [6.45, 7) is 1.88. The van der Waals surface area contributed by atoms with Crippen LogP contribution in [0.1, 0.15) is 21.5 Å². The molecule has 86 valence electrons. The molecule has 17 heavy (non-hydrogen) atoms. The summed E-state index contributed by atoms with van der Waals surface area (Å²) >= 11 is 0. The SMILES string of the molecule is Cc1ccccc1C(=O)N/N=C/c1ccoc1. The van der Waals surface area contributed by atoms with Gasteiger partial charge in [-0.05, 0) is 24.6 Å². The van der Waals surface area contributed by atoms with E-state index in [1.54, 1.807) is 24.7 Å². The molecule has 0 atom stereocenters. The summed E-state index contributed by atoms with van der Waals surface area (Å²) in [5.41, 5.74) is 4.81. The molecule has 0 saturated heterocycles. The van der Waals surface area contributed by atoms with Crippen LogP contribution >= 0.6 is 0 Å². The molecular formula is C13H12N2O2. The molecular weight excluding hydrogens is 216 g/mol. The fourth-order valence-corrected chi connectivity index (χ4v) is 1.40. The van der Waals surface area contributed by atoms with Gasteiger partial charge in [-0.25, -0.2) is 5.43 Å². The van der Waals surface area contributed by atoms with Crippen molar-refractivity contribution in [2.45, 2.75) is 6.92 Å². The second-order valence-corrected chi connectivity index (χ2v) is 3.57. The minimum absolute atomic E-state index is 0.220. The molecule has 2 aromatic rings. The molecule has 4 heteroatoms. The van der Waals surface area contributed by atoms with Gasteiger partial charge in [0.05, 0.1) is 18.7 Å². The van der Waals surface area contributed by atoms with Crippen LogP contribution in [0.5, 0.6) is 0 Å². The Kier molecular flexibility index (Phi) is 3.35. The highest BCUT2D eigenvalue weighted by Gasteiger charge is 2.05. The number of hydrogen-bond acceptors (Lipinski definition) is 3. The van der Waals surface area contributed by atoms with Gasteiger partial charge in [-0.15, -0.1) is 0 Å². The van der Waals surface area contributed by atoms with Crippen molar-refractivity contribution >= 4 is 12.1 Å². The molecule has 0 spiro atoms. The van der Waals surface area contributed by atoms with E-state index < -0.39 is 0 Å². The second kappa shape index (κ2) is 5.12. The monoisotopic (exact) mass is 228 g/mol. The van der Waals surface area contributed by atoms with Crippen molar-refractivity contribution in [3.63, 3.8) is 0 Å². The van der Waals surface area contributed by atoms with E-state index in [1.807, 2.05) is 25.1 Å². The Morgan fingerprint density at radius 3 is 2.88 bits per heavy atom. The van der Waals surface area contributed by atoms with Gasteiger partial charge in [-0.3, -0.25) is 4.79 Å². The molecule has 0 radical (unpaired) electrons. The van der Waals surface area contributed by atoms with E-state index in [4.69, 9.17) is 4.42 Å². The van der Waals surface area contributed by atoms with Gasteiger partial charge in [0.15, 0.2) is 0 Å². The predicted molar refractivity (Wildman–Crippen MR) is 64.9 cm³/mol. The lowest BCUT2D eigenvalue weighted by molar-refractivity contribution is 0.0954. The molecule has 1 N–H and O–H groups in total. The van der Waals surface area contributed by atoms with Crippen molar-refractivity contribution in [1.82, 2.24) is 5.43 Å². The van der Waals surface area contributed by atoms with E-state index in [2.05, 4.69) is 10.5 Å². The van der Waals surface area contributed by atoms with Gasteiger partial charge in [0.1, 0.15) is 0 Å². The summed E-state index contributed by atoms with van der Waals surface area (Å²) in [5.74, 6) is -0.220. The third-order valence-corrected chi connectivity index (χ3v) is 2.31. The molecule has 1 heterocycles. The van der Waals surface area contributed by atoms with E-state index in [9.17, 15) is 4.79 Å². The van der Waals surface area contributed by atoms with Crippen molar-refractivity contribution in [3.05, 3.63) is 59.5 Å². The number of benzene rings is 1. The van der Waals surface area contributed by atoms with Gasteiger partial charge >= 0.3 is 0 Å². The van der Waals surface area contributed by atoms with Crippen LogP contribution in [0.2, 0.25) is 0 Å². The van der Waals surface area contributed by atoms with Crippen LogP contribution in [0.4, 0.5) is 0 Å². The standard InChI is InChI=1S/C13H12N2O2/c1-10-4-2-3-5-12(10)13(16)15-14-8-11-6-7-17-9-11/h2-9H,1H3,(H,15,16)/b14-8+. The summed E-state index contributed by atoms with van der Waals surface area (Å²) in [5, 5.41) is 3.85. The van der Waals surface area contributed by atoms with Gasteiger partial charge in [-0.2, -0.15) is 5.10 Å². The molecule has 0 aliphatic rings. The minimum atomic E-state index is -0.220. The minimum Gasteiger partial charge on any atom is -0.472 e. The number of hydrogen-bond donors (Lipinski definition) is 1. The number of nitrogens with zero attached hydrogens (tertiary/aromatic N) is 1. The van der Waals surface area contributed by atoms with Crippen molar-refractivity contribution in [3.8, 4) is 0 Å². The summed E-state index contributed by atoms with van der Waals surface area (Å²) < 4.78 is 4.87. The van der Waals surface area contributed by atoms with Gasteiger partial charge in [-0.1, -0.05) is 18.2 Å². The first-order valence-corrected chi connectivity index (χ1v) is 5.18. The maximum absolute atomic E-state index is 11.7.